The van der Waals surface area contributed by atoms with Gasteiger partial charge in [-0.2, -0.15) is 0 Å². The molecule has 104 valence electrons. The Morgan fingerprint density at radius 3 is 2.35 bits per heavy atom. The number of hydrogen-bond acceptors (Lipinski definition) is 4. The Hall–Kier alpha value is -2.53. The Kier molecular flexibility index (Phi) is 4.22. The highest BCUT2D eigenvalue weighted by atomic mass is 16.3. The minimum Gasteiger partial charge on any atom is -0.507 e. The van der Waals surface area contributed by atoms with Gasteiger partial charge in [0, 0.05) is 12.2 Å². The molecule has 0 atom stereocenters. The maximum Gasteiger partial charge on any atom is 0.263 e. The second-order valence-electron chi connectivity index (χ2n) is 4.31. The van der Waals surface area contributed by atoms with Crippen LogP contribution in [0.15, 0.2) is 42.5 Å². The van der Waals surface area contributed by atoms with Crippen LogP contribution >= 0.6 is 0 Å². The number of carbonyl (C=O) groups excluding carboxylic acids is 1. The highest BCUT2D eigenvalue weighted by Gasteiger charge is 2.16. The van der Waals surface area contributed by atoms with Crippen LogP contribution in [-0.4, -0.2) is 23.2 Å². The number of phenols is 2. The minimum atomic E-state index is -0.552. The number of para-hydroxylation sites is 1. The molecule has 0 aliphatic rings. The minimum absolute atomic E-state index is 0.133. The van der Waals surface area contributed by atoms with Crippen LogP contribution in [-0.2, 0) is 6.54 Å². The summed E-state index contributed by atoms with van der Waals surface area (Å²) in [5.74, 6) is -1.06. The summed E-state index contributed by atoms with van der Waals surface area (Å²) in [6, 6.07) is 11.5. The number of rotatable bonds is 4. The number of carbonyl (C=O) groups is 1. The topological polar surface area (TPSA) is 81.6 Å². The summed E-state index contributed by atoms with van der Waals surface area (Å²) in [6.07, 6.45) is 0. The van der Waals surface area contributed by atoms with E-state index in [2.05, 4.69) is 10.6 Å². The smallest absolute Gasteiger partial charge is 0.263 e. The molecule has 0 spiro atoms. The van der Waals surface area contributed by atoms with Crippen LogP contribution in [0.5, 0.6) is 11.5 Å². The van der Waals surface area contributed by atoms with Gasteiger partial charge in [-0.05, 0) is 30.8 Å². The lowest BCUT2D eigenvalue weighted by Gasteiger charge is -2.12. The second-order valence-corrected chi connectivity index (χ2v) is 4.31. The Labute approximate surface area is 116 Å². The first-order chi connectivity index (χ1) is 9.63. The summed E-state index contributed by atoms with van der Waals surface area (Å²) in [7, 11) is 1.81. The fraction of sp³-hybridized carbons (Fsp3) is 0.133. The number of anilines is 1. The molecule has 0 aliphatic heterocycles. The number of amides is 1. The lowest BCUT2D eigenvalue weighted by atomic mass is 10.1. The van der Waals surface area contributed by atoms with Crippen molar-refractivity contribution in [2.45, 2.75) is 6.54 Å². The van der Waals surface area contributed by atoms with E-state index < -0.39 is 5.91 Å². The standard InChI is InChI=1S/C15H16N2O3/c1-16-9-10-5-2-3-6-11(10)17-15(20)14-12(18)7-4-8-13(14)19/h2-8,16,18-19H,9H2,1H3,(H,17,20). The molecule has 2 aromatic rings. The van der Waals surface area contributed by atoms with Crippen LogP contribution in [0.3, 0.4) is 0 Å². The van der Waals surface area contributed by atoms with Crippen molar-refractivity contribution >= 4 is 11.6 Å². The molecule has 0 radical (unpaired) electrons. The van der Waals surface area contributed by atoms with Crippen molar-refractivity contribution in [2.24, 2.45) is 0 Å². The number of aromatic hydroxyl groups is 2. The molecular formula is C15H16N2O3. The molecule has 0 bridgehead atoms. The van der Waals surface area contributed by atoms with Crippen LogP contribution in [0.1, 0.15) is 15.9 Å². The molecule has 0 unspecified atom stereocenters. The van der Waals surface area contributed by atoms with Crippen LogP contribution in [0, 0.1) is 0 Å². The van der Waals surface area contributed by atoms with Crippen LogP contribution in [0.4, 0.5) is 5.69 Å². The molecule has 20 heavy (non-hydrogen) atoms. The van der Waals surface area contributed by atoms with E-state index in [1.165, 1.54) is 18.2 Å². The number of benzene rings is 2. The van der Waals surface area contributed by atoms with E-state index in [-0.39, 0.29) is 17.1 Å². The lowest BCUT2D eigenvalue weighted by molar-refractivity contribution is 0.102. The number of nitrogens with one attached hydrogen (secondary N) is 2. The van der Waals surface area contributed by atoms with E-state index in [1.54, 1.807) is 12.1 Å². The molecule has 5 nitrogen and oxygen atoms in total. The van der Waals surface area contributed by atoms with Gasteiger partial charge in [-0.15, -0.1) is 0 Å². The van der Waals surface area contributed by atoms with Gasteiger partial charge in [-0.25, -0.2) is 0 Å². The van der Waals surface area contributed by atoms with Gasteiger partial charge in [0.1, 0.15) is 17.1 Å². The van der Waals surface area contributed by atoms with Gasteiger partial charge in [-0.3, -0.25) is 4.79 Å². The molecule has 5 heteroatoms. The van der Waals surface area contributed by atoms with Crippen molar-refractivity contribution in [1.82, 2.24) is 5.32 Å². The highest BCUT2D eigenvalue weighted by molar-refractivity contribution is 6.08. The maximum absolute atomic E-state index is 12.2. The third-order valence-electron chi connectivity index (χ3n) is 2.88. The Bertz CT molecular complexity index is 606. The molecule has 2 rings (SSSR count). The quantitative estimate of drug-likeness (QED) is 0.687. The van der Waals surface area contributed by atoms with E-state index >= 15 is 0 Å². The first-order valence-corrected chi connectivity index (χ1v) is 6.18. The molecule has 0 aromatic heterocycles. The highest BCUT2D eigenvalue weighted by Crippen LogP contribution is 2.27. The SMILES string of the molecule is CNCc1ccccc1NC(=O)c1c(O)cccc1O. The first kappa shape index (κ1) is 13.9. The zero-order valence-corrected chi connectivity index (χ0v) is 11.1. The largest absolute Gasteiger partial charge is 0.507 e. The zero-order valence-electron chi connectivity index (χ0n) is 11.1. The predicted molar refractivity (Wildman–Crippen MR) is 76.9 cm³/mol. The van der Waals surface area contributed by atoms with E-state index in [0.717, 1.165) is 5.56 Å². The van der Waals surface area contributed by atoms with E-state index in [4.69, 9.17) is 0 Å². The van der Waals surface area contributed by atoms with E-state index in [9.17, 15) is 15.0 Å². The molecule has 0 fully saturated rings. The number of hydrogen-bond donors (Lipinski definition) is 4. The number of phenolic OH excluding ortho intramolecular Hbond substituents is 2. The normalized spacial score (nSPS) is 10.2. The van der Waals surface area contributed by atoms with Gasteiger partial charge in [0.05, 0.1) is 0 Å². The van der Waals surface area contributed by atoms with Crippen LogP contribution in [0.2, 0.25) is 0 Å². The Morgan fingerprint density at radius 2 is 1.70 bits per heavy atom. The van der Waals surface area contributed by atoms with Gasteiger partial charge in [-0.1, -0.05) is 24.3 Å². The summed E-state index contributed by atoms with van der Waals surface area (Å²) in [4.78, 5) is 12.2. The third kappa shape index (κ3) is 2.89. The molecule has 0 heterocycles. The first-order valence-electron chi connectivity index (χ1n) is 6.18. The van der Waals surface area contributed by atoms with Gasteiger partial charge >= 0.3 is 0 Å². The third-order valence-corrected chi connectivity index (χ3v) is 2.88. The Balaban J connectivity index is 2.28. The van der Waals surface area contributed by atoms with Gasteiger partial charge in [0.2, 0.25) is 0 Å². The average Bonchev–Trinajstić information content (AvgIpc) is 2.41. The molecule has 0 saturated heterocycles. The monoisotopic (exact) mass is 272 g/mol. The van der Waals surface area contributed by atoms with Crippen molar-refractivity contribution in [1.29, 1.82) is 0 Å². The molecule has 0 aliphatic carbocycles. The lowest BCUT2D eigenvalue weighted by Crippen LogP contribution is -2.15. The molecule has 2 aromatic carbocycles. The van der Waals surface area contributed by atoms with Crippen molar-refractivity contribution in [3.8, 4) is 11.5 Å². The van der Waals surface area contributed by atoms with Crippen LogP contribution < -0.4 is 10.6 Å². The summed E-state index contributed by atoms with van der Waals surface area (Å²) in [6.45, 7) is 0.600. The van der Waals surface area contributed by atoms with Gasteiger partial charge < -0.3 is 20.8 Å². The van der Waals surface area contributed by atoms with Crippen LogP contribution in [0.25, 0.3) is 0 Å². The molecule has 1 amide bonds. The van der Waals surface area contributed by atoms with Crippen molar-refractivity contribution in [3.63, 3.8) is 0 Å². The van der Waals surface area contributed by atoms with Crippen molar-refractivity contribution in [2.75, 3.05) is 12.4 Å². The summed E-state index contributed by atoms with van der Waals surface area (Å²) in [5.41, 5.74) is 1.42. The van der Waals surface area contributed by atoms with Crippen molar-refractivity contribution in [3.05, 3.63) is 53.6 Å². The second kappa shape index (κ2) is 6.08. The summed E-state index contributed by atoms with van der Waals surface area (Å²) >= 11 is 0. The van der Waals surface area contributed by atoms with Gasteiger partial charge in [0.25, 0.3) is 5.91 Å². The van der Waals surface area contributed by atoms with Gasteiger partial charge in [0.15, 0.2) is 0 Å². The fourth-order valence-electron chi connectivity index (χ4n) is 1.93. The van der Waals surface area contributed by atoms with E-state index in [1.807, 2.05) is 19.2 Å². The maximum atomic E-state index is 12.2. The van der Waals surface area contributed by atoms with E-state index in [0.29, 0.717) is 12.2 Å². The summed E-state index contributed by atoms with van der Waals surface area (Å²) in [5, 5.41) is 25.1. The molecular weight excluding hydrogens is 256 g/mol. The molecule has 4 N–H and O–H groups in total. The van der Waals surface area contributed by atoms with Crippen molar-refractivity contribution < 1.29 is 15.0 Å². The predicted octanol–water partition coefficient (Wildman–Crippen LogP) is 2.07. The average molecular weight is 272 g/mol. The zero-order chi connectivity index (χ0) is 14.5. The summed E-state index contributed by atoms with van der Waals surface area (Å²) < 4.78 is 0. The Morgan fingerprint density at radius 1 is 1.05 bits per heavy atom. The fourth-order valence-corrected chi connectivity index (χ4v) is 1.93. The molecule has 0 saturated carbocycles.